The quantitative estimate of drug-likeness (QED) is 0.780. The van der Waals surface area contributed by atoms with Gasteiger partial charge in [0.1, 0.15) is 0 Å². The third-order valence-electron chi connectivity index (χ3n) is 1.43. The Kier molecular flexibility index (Phi) is 3.21. The summed E-state index contributed by atoms with van der Waals surface area (Å²) >= 11 is 0. The van der Waals surface area contributed by atoms with Gasteiger partial charge in [-0.1, -0.05) is 6.07 Å². The Labute approximate surface area is 86.4 Å². The van der Waals surface area contributed by atoms with Crippen LogP contribution < -0.4 is 10.1 Å². The predicted molar refractivity (Wildman–Crippen MR) is 44.7 cm³/mol. The number of nitrogens with one attached hydrogen (secondary N) is 1. The van der Waals surface area contributed by atoms with Gasteiger partial charge in [-0.25, -0.2) is 9.18 Å². The zero-order chi connectivity index (χ0) is 12.3. The molecule has 0 saturated carbocycles. The zero-order valence-electron chi connectivity index (χ0n) is 7.51. The molecular formula is C8H5F4NO3. The fourth-order valence-corrected chi connectivity index (χ4v) is 0.926. The first kappa shape index (κ1) is 12.1. The van der Waals surface area contributed by atoms with E-state index >= 15 is 0 Å². The number of carboxylic acid groups (broad SMARTS) is 1. The largest absolute Gasteiger partial charge is 0.573 e. The van der Waals surface area contributed by atoms with Crippen molar-refractivity contribution in [2.45, 2.75) is 6.36 Å². The molecule has 0 radical (unpaired) electrons. The lowest BCUT2D eigenvalue weighted by atomic mass is 10.3. The molecule has 8 heteroatoms. The van der Waals surface area contributed by atoms with Gasteiger partial charge in [0, 0.05) is 0 Å². The average Bonchev–Trinajstić information content (AvgIpc) is 2.09. The SMILES string of the molecule is O=C(O)Nc1cccc(OC(F)(F)F)c1F. The van der Waals surface area contributed by atoms with E-state index in [0.29, 0.717) is 0 Å². The Morgan fingerprint density at radius 2 is 2.00 bits per heavy atom. The molecule has 0 bridgehead atoms. The minimum absolute atomic E-state index is 0.616. The van der Waals surface area contributed by atoms with Gasteiger partial charge in [0.2, 0.25) is 0 Å². The van der Waals surface area contributed by atoms with E-state index in [1.54, 1.807) is 5.32 Å². The topological polar surface area (TPSA) is 58.6 Å². The van der Waals surface area contributed by atoms with Crippen LogP contribution in [0.25, 0.3) is 0 Å². The Morgan fingerprint density at radius 3 is 2.50 bits per heavy atom. The van der Waals surface area contributed by atoms with Crippen LogP contribution in [0.3, 0.4) is 0 Å². The standard InChI is InChI=1S/C8H5F4NO3/c9-6-4(13-7(14)15)2-1-3-5(6)16-8(10,11)12/h1-3,13H,(H,14,15). The normalized spacial score (nSPS) is 11.0. The van der Waals surface area contributed by atoms with E-state index < -0.39 is 29.7 Å². The van der Waals surface area contributed by atoms with Crippen molar-refractivity contribution in [3.8, 4) is 5.75 Å². The number of halogens is 4. The van der Waals surface area contributed by atoms with Gasteiger partial charge in [-0.05, 0) is 12.1 Å². The van der Waals surface area contributed by atoms with Gasteiger partial charge in [-0.15, -0.1) is 13.2 Å². The highest BCUT2D eigenvalue weighted by atomic mass is 19.4. The van der Waals surface area contributed by atoms with Crippen molar-refractivity contribution in [2.24, 2.45) is 0 Å². The molecule has 0 unspecified atom stereocenters. The number of rotatable bonds is 2. The van der Waals surface area contributed by atoms with Gasteiger partial charge in [-0.3, -0.25) is 5.32 Å². The van der Waals surface area contributed by atoms with Gasteiger partial charge >= 0.3 is 12.5 Å². The molecular weight excluding hydrogens is 234 g/mol. The predicted octanol–water partition coefficient (Wildman–Crippen LogP) is 2.81. The first-order valence-corrected chi connectivity index (χ1v) is 3.84. The monoisotopic (exact) mass is 239 g/mol. The molecule has 2 N–H and O–H groups in total. The Balaban J connectivity index is 2.99. The third-order valence-corrected chi connectivity index (χ3v) is 1.43. The van der Waals surface area contributed by atoms with Gasteiger partial charge in [0.05, 0.1) is 5.69 Å². The van der Waals surface area contributed by atoms with E-state index in [-0.39, 0.29) is 0 Å². The van der Waals surface area contributed by atoms with E-state index in [4.69, 9.17) is 5.11 Å². The molecule has 88 valence electrons. The second kappa shape index (κ2) is 4.25. The highest BCUT2D eigenvalue weighted by Gasteiger charge is 2.32. The summed E-state index contributed by atoms with van der Waals surface area (Å²) in [7, 11) is 0. The first-order valence-electron chi connectivity index (χ1n) is 3.84. The fourth-order valence-electron chi connectivity index (χ4n) is 0.926. The second-order valence-corrected chi connectivity index (χ2v) is 2.60. The molecule has 0 saturated heterocycles. The molecule has 1 aromatic rings. The Morgan fingerprint density at radius 1 is 1.38 bits per heavy atom. The van der Waals surface area contributed by atoms with Crippen LogP contribution in [0.4, 0.5) is 28.0 Å². The van der Waals surface area contributed by atoms with Crippen LogP contribution in [0.2, 0.25) is 0 Å². The number of alkyl halides is 3. The second-order valence-electron chi connectivity index (χ2n) is 2.60. The lowest BCUT2D eigenvalue weighted by Gasteiger charge is -2.11. The lowest BCUT2D eigenvalue weighted by Crippen LogP contribution is -2.18. The summed E-state index contributed by atoms with van der Waals surface area (Å²) in [6.07, 6.45) is -6.63. The number of carbonyl (C=O) groups is 1. The van der Waals surface area contributed by atoms with Crippen molar-refractivity contribution in [1.29, 1.82) is 0 Å². The van der Waals surface area contributed by atoms with E-state index in [9.17, 15) is 22.4 Å². The van der Waals surface area contributed by atoms with Crippen LogP contribution in [0.5, 0.6) is 5.75 Å². The molecule has 0 aliphatic rings. The Bertz CT molecular complexity index is 405. The van der Waals surface area contributed by atoms with Gasteiger partial charge in [-0.2, -0.15) is 0 Å². The molecule has 0 aromatic heterocycles. The molecule has 1 aromatic carbocycles. The van der Waals surface area contributed by atoms with Crippen LogP contribution >= 0.6 is 0 Å². The lowest BCUT2D eigenvalue weighted by molar-refractivity contribution is -0.275. The first-order chi connectivity index (χ1) is 7.29. The van der Waals surface area contributed by atoms with Crippen molar-refractivity contribution in [2.75, 3.05) is 5.32 Å². The van der Waals surface area contributed by atoms with Crippen molar-refractivity contribution in [3.05, 3.63) is 24.0 Å². The number of ether oxygens (including phenoxy) is 1. The van der Waals surface area contributed by atoms with E-state index in [2.05, 4.69) is 4.74 Å². The van der Waals surface area contributed by atoms with Crippen LogP contribution in [0.1, 0.15) is 0 Å². The number of anilines is 1. The summed E-state index contributed by atoms with van der Waals surface area (Å²) in [6, 6.07) is 2.72. The summed E-state index contributed by atoms with van der Waals surface area (Å²) in [5.74, 6) is -2.53. The molecule has 4 nitrogen and oxygen atoms in total. The van der Waals surface area contributed by atoms with E-state index in [1.165, 1.54) is 0 Å². The Hall–Kier alpha value is -1.99. The van der Waals surface area contributed by atoms with Crippen LogP contribution in [0.15, 0.2) is 18.2 Å². The number of hydrogen-bond donors (Lipinski definition) is 2. The average molecular weight is 239 g/mol. The third kappa shape index (κ3) is 3.30. The number of hydrogen-bond acceptors (Lipinski definition) is 2. The highest BCUT2D eigenvalue weighted by molar-refractivity contribution is 5.83. The van der Waals surface area contributed by atoms with Gasteiger partial charge in [0.25, 0.3) is 0 Å². The van der Waals surface area contributed by atoms with Crippen LogP contribution in [0, 0.1) is 5.82 Å². The molecule has 1 rings (SSSR count). The molecule has 0 heterocycles. The van der Waals surface area contributed by atoms with E-state index in [0.717, 1.165) is 18.2 Å². The maximum absolute atomic E-state index is 13.2. The molecule has 0 aliphatic carbocycles. The van der Waals surface area contributed by atoms with Crippen LogP contribution in [-0.4, -0.2) is 17.6 Å². The van der Waals surface area contributed by atoms with Gasteiger partial charge < -0.3 is 9.84 Å². The molecule has 1 amide bonds. The maximum atomic E-state index is 13.2. The van der Waals surface area contributed by atoms with Crippen molar-refractivity contribution >= 4 is 11.8 Å². The summed E-state index contributed by atoms with van der Waals surface area (Å²) in [5, 5.41) is 9.87. The van der Waals surface area contributed by atoms with Crippen molar-refractivity contribution < 1.29 is 32.2 Å². The maximum Gasteiger partial charge on any atom is 0.573 e. The van der Waals surface area contributed by atoms with Crippen molar-refractivity contribution in [1.82, 2.24) is 0 Å². The van der Waals surface area contributed by atoms with Crippen LogP contribution in [-0.2, 0) is 0 Å². The zero-order valence-corrected chi connectivity index (χ0v) is 7.51. The summed E-state index contributed by atoms with van der Waals surface area (Å²) < 4.78 is 51.9. The van der Waals surface area contributed by atoms with Gasteiger partial charge in [0.15, 0.2) is 11.6 Å². The smallest absolute Gasteiger partial charge is 0.465 e. The minimum atomic E-state index is -5.04. The molecule has 0 aliphatic heterocycles. The molecule has 0 spiro atoms. The van der Waals surface area contributed by atoms with Crippen molar-refractivity contribution in [3.63, 3.8) is 0 Å². The summed E-state index contributed by atoms with van der Waals surface area (Å²) in [4.78, 5) is 10.2. The molecule has 0 fully saturated rings. The fraction of sp³-hybridized carbons (Fsp3) is 0.125. The summed E-state index contributed by atoms with van der Waals surface area (Å²) in [5.41, 5.74) is -0.616. The summed E-state index contributed by atoms with van der Waals surface area (Å²) in [6.45, 7) is 0. The molecule has 16 heavy (non-hydrogen) atoms. The van der Waals surface area contributed by atoms with E-state index in [1.807, 2.05) is 0 Å². The number of amides is 1. The number of benzene rings is 1. The molecule has 0 atom stereocenters. The highest BCUT2D eigenvalue weighted by Crippen LogP contribution is 2.29. The minimum Gasteiger partial charge on any atom is -0.465 e.